The molecule has 1 unspecified atom stereocenters. The van der Waals surface area contributed by atoms with Crippen molar-refractivity contribution in [1.29, 1.82) is 0 Å². The lowest BCUT2D eigenvalue weighted by Gasteiger charge is -2.45. The molecular formula is C34H30FN7O5S. The highest BCUT2D eigenvalue weighted by molar-refractivity contribution is 7.18. The van der Waals surface area contributed by atoms with E-state index in [0.29, 0.717) is 29.2 Å². The van der Waals surface area contributed by atoms with Gasteiger partial charge in [-0.25, -0.2) is 28.5 Å². The van der Waals surface area contributed by atoms with Crippen molar-refractivity contribution in [2.24, 2.45) is 0 Å². The Bertz CT molecular complexity index is 2100. The maximum atomic E-state index is 14.1. The minimum atomic E-state index is -0.659. The standard InChI is InChI=1S/C34H30FN7O5S/c1-3-44-33(43)31-37-32(42(39-31)23-12-13-24-29(15-23)48-19(2)36-24)27-16-26(41-17-25(38-40-41)21-10-7-11-22(35)14-21)30-28(46-27)18-45-34(47-30)20-8-5-4-6-9-20/h4-15,17,26-28,30,34H,3,16,18H2,1-2H3/t26-,27-,28-,30-,34?/m1/s1. The second-order valence-electron chi connectivity index (χ2n) is 11.5. The molecule has 2 fully saturated rings. The number of thiazole rings is 1. The number of carbonyl (C=O) groups excluding carboxylic acids is 1. The number of esters is 1. The topological polar surface area (TPSA) is 128 Å². The number of benzene rings is 3. The lowest BCUT2D eigenvalue weighted by molar-refractivity contribution is -0.302. The molecular weight excluding hydrogens is 637 g/mol. The van der Waals surface area contributed by atoms with Crippen molar-refractivity contribution in [2.45, 2.75) is 50.9 Å². The molecule has 0 N–H and O–H groups in total. The first-order valence-electron chi connectivity index (χ1n) is 15.6. The Morgan fingerprint density at radius 1 is 1.06 bits per heavy atom. The van der Waals surface area contributed by atoms with Crippen molar-refractivity contribution in [1.82, 2.24) is 34.7 Å². The average molecular weight is 668 g/mol. The fraction of sp³-hybridized carbons (Fsp3) is 0.294. The highest BCUT2D eigenvalue weighted by Gasteiger charge is 2.47. The van der Waals surface area contributed by atoms with Gasteiger partial charge in [-0.15, -0.1) is 21.5 Å². The second kappa shape index (κ2) is 12.6. The first-order valence-corrected chi connectivity index (χ1v) is 16.4. The van der Waals surface area contributed by atoms with Gasteiger partial charge in [-0.2, -0.15) is 0 Å². The van der Waals surface area contributed by atoms with Crippen LogP contribution in [0.25, 0.3) is 27.2 Å². The summed E-state index contributed by atoms with van der Waals surface area (Å²) in [4.78, 5) is 22.1. The van der Waals surface area contributed by atoms with Crippen molar-refractivity contribution in [3.8, 4) is 16.9 Å². The Balaban J connectivity index is 1.19. The molecule has 3 aromatic carbocycles. The molecule has 0 bridgehead atoms. The normalized spacial score (nSPS) is 22.4. The highest BCUT2D eigenvalue weighted by atomic mass is 32.1. The van der Waals surface area contributed by atoms with Gasteiger partial charge in [0.25, 0.3) is 5.82 Å². The molecule has 2 aliphatic rings. The lowest BCUT2D eigenvalue weighted by Crippen LogP contribution is -2.51. The number of aryl methyl sites for hydroxylation is 1. The Kier molecular flexibility index (Phi) is 8.00. The summed E-state index contributed by atoms with van der Waals surface area (Å²) in [5.41, 5.74) is 3.56. The molecule has 5 heterocycles. The summed E-state index contributed by atoms with van der Waals surface area (Å²) in [6.45, 7) is 4.09. The van der Waals surface area contributed by atoms with Crippen LogP contribution in [0.1, 0.15) is 58.8 Å². The third-order valence-electron chi connectivity index (χ3n) is 8.38. The molecule has 14 heteroatoms. The molecule has 8 rings (SSSR count). The fourth-order valence-corrected chi connectivity index (χ4v) is 7.08. The summed E-state index contributed by atoms with van der Waals surface area (Å²) in [7, 11) is 0. The minimum Gasteiger partial charge on any atom is -0.460 e. The van der Waals surface area contributed by atoms with Gasteiger partial charge in [0.05, 0.1) is 46.4 Å². The van der Waals surface area contributed by atoms with Crippen molar-refractivity contribution in [3.63, 3.8) is 0 Å². The van der Waals surface area contributed by atoms with Crippen LogP contribution in [0, 0.1) is 12.7 Å². The summed E-state index contributed by atoms with van der Waals surface area (Å²) in [5.74, 6) is -0.666. The number of aromatic nitrogens is 7. The van der Waals surface area contributed by atoms with Gasteiger partial charge in [0.2, 0.25) is 0 Å². The van der Waals surface area contributed by atoms with Crippen LogP contribution in [-0.2, 0) is 18.9 Å². The summed E-state index contributed by atoms with van der Waals surface area (Å²) in [6, 6.07) is 21.3. The maximum absolute atomic E-state index is 14.1. The number of rotatable bonds is 7. The highest BCUT2D eigenvalue weighted by Crippen LogP contribution is 2.44. The number of fused-ring (bicyclic) bond motifs is 2. The Morgan fingerprint density at radius 3 is 2.77 bits per heavy atom. The van der Waals surface area contributed by atoms with Crippen molar-refractivity contribution < 1.29 is 28.1 Å². The third-order valence-corrected chi connectivity index (χ3v) is 9.31. The predicted octanol–water partition coefficient (Wildman–Crippen LogP) is 5.95. The van der Waals surface area contributed by atoms with Crippen LogP contribution in [0.4, 0.5) is 4.39 Å². The van der Waals surface area contributed by atoms with Gasteiger partial charge in [-0.3, -0.25) is 0 Å². The molecule has 5 atom stereocenters. The van der Waals surface area contributed by atoms with Crippen LogP contribution in [0.15, 0.2) is 79.0 Å². The number of hydrogen-bond acceptors (Lipinski definition) is 11. The molecule has 0 radical (unpaired) electrons. The van der Waals surface area contributed by atoms with E-state index in [0.717, 1.165) is 20.8 Å². The fourth-order valence-electron chi connectivity index (χ4n) is 6.22. The van der Waals surface area contributed by atoms with Crippen molar-refractivity contribution >= 4 is 27.5 Å². The van der Waals surface area contributed by atoms with E-state index < -0.39 is 36.6 Å². The van der Waals surface area contributed by atoms with Crippen molar-refractivity contribution in [2.75, 3.05) is 13.2 Å². The predicted molar refractivity (Wildman–Crippen MR) is 172 cm³/mol. The van der Waals surface area contributed by atoms with E-state index in [1.807, 2.05) is 55.5 Å². The zero-order valence-electron chi connectivity index (χ0n) is 26.0. The summed E-state index contributed by atoms with van der Waals surface area (Å²) in [5, 5.41) is 14.4. The quantitative estimate of drug-likeness (QED) is 0.189. The van der Waals surface area contributed by atoms with E-state index in [1.54, 1.807) is 46.0 Å². The van der Waals surface area contributed by atoms with E-state index in [4.69, 9.17) is 18.9 Å². The molecule has 6 aromatic rings. The van der Waals surface area contributed by atoms with Gasteiger partial charge in [0.15, 0.2) is 12.1 Å². The lowest BCUT2D eigenvalue weighted by atomic mass is 9.93. The van der Waals surface area contributed by atoms with Gasteiger partial charge in [-0.05, 0) is 44.2 Å². The third kappa shape index (κ3) is 5.76. The van der Waals surface area contributed by atoms with E-state index >= 15 is 0 Å². The van der Waals surface area contributed by atoms with Gasteiger partial charge in [0.1, 0.15) is 29.8 Å². The van der Waals surface area contributed by atoms with E-state index in [1.165, 1.54) is 12.1 Å². The van der Waals surface area contributed by atoms with Crippen LogP contribution in [0.5, 0.6) is 0 Å². The molecule has 2 saturated heterocycles. The molecule has 0 amide bonds. The number of hydrogen-bond donors (Lipinski definition) is 0. The molecule has 12 nitrogen and oxygen atoms in total. The molecule has 244 valence electrons. The molecule has 0 saturated carbocycles. The first-order chi connectivity index (χ1) is 23.4. The van der Waals surface area contributed by atoms with Crippen LogP contribution < -0.4 is 0 Å². The number of ether oxygens (including phenoxy) is 4. The number of nitrogens with zero attached hydrogens (tertiary/aromatic N) is 7. The van der Waals surface area contributed by atoms with Gasteiger partial charge in [-0.1, -0.05) is 47.7 Å². The zero-order valence-corrected chi connectivity index (χ0v) is 26.8. The second-order valence-corrected chi connectivity index (χ2v) is 12.8. The molecule has 2 aliphatic heterocycles. The first kappa shape index (κ1) is 30.4. The largest absolute Gasteiger partial charge is 0.460 e. The SMILES string of the molecule is CCOC(=O)c1nc([C@H]2C[C@@H](n3cc(-c4cccc(F)c4)nn3)[C@H]3OC(c4ccccc4)OC[C@H]3O2)n(-c2ccc3nc(C)sc3c2)n1. The number of carbonyl (C=O) groups is 1. The average Bonchev–Trinajstić information content (AvgIpc) is 3.86. The van der Waals surface area contributed by atoms with Crippen LogP contribution in [0.2, 0.25) is 0 Å². The Morgan fingerprint density at radius 2 is 1.94 bits per heavy atom. The minimum absolute atomic E-state index is 0.0795. The van der Waals surface area contributed by atoms with Crippen LogP contribution in [-0.4, -0.2) is 66.1 Å². The molecule has 0 aliphatic carbocycles. The van der Waals surface area contributed by atoms with Gasteiger partial charge < -0.3 is 18.9 Å². The zero-order chi connectivity index (χ0) is 32.8. The summed E-state index contributed by atoms with van der Waals surface area (Å²) in [6.07, 6.45) is -0.164. The van der Waals surface area contributed by atoms with Crippen molar-refractivity contribution in [3.05, 3.63) is 107 Å². The van der Waals surface area contributed by atoms with E-state index in [-0.39, 0.29) is 24.9 Å². The molecule has 0 spiro atoms. The van der Waals surface area contributed by atoms with Gasteiger partial charge in [0, 0.05) is 17.5 Å². The van der Waals surface area contributed by atoms with Gasteiger partial charge >= 0.3 is 5.97 Å². The molecule has 3 aromatic heterocycles. The smallest absolute Gasteiger partial charge is 0.378 e. The summed E-state index contributed by atoms with van der Waals surface area (Å²) >= 11 is 1.57. The Labute approximate surface area is 278 Å². The summed E-state index contributed by atoms with van der Waals surface area (Å²) < 4.78 is 43.1. The van der Waals surface area contributed by atoms with Crippen LogP contribution >= 0.6 is 11.3 Å². The van der Waals surface area contributed by atoms with E-state index in [2.05, 4.69) is 25.4 Å². The monoisotopic (exact) mass is 667 g/mol. The Hall–Kier alpha value is -4.89. The van der Waals surface area contributed by atoms with Crippen LogP contribution in [0.3, 0.4) is 0 Å². The maximum Gasteiger partial charge on any atom is 0.378 e. The van der Waals surface area contributed by atoms with E-state index in [9.17, 15) is 9.18 Å². The number of halogens is 1. The molecule has 48 heavy (non-hydrogen) atoms.